The maximum atomic E-state index is 13.1. The van der Waals surface area contributed by atoms with Gasteiger partial charge in [-0.25, -0.2) is 4.98 Å². The van der Waals surface area contributed by atoms with Crippen LogP contribution in [0.3, 0.4) is 0 Å². The van der Waals surface area contributed by atoms with Crippen molar-refractivity contribution in [3.8, 4) is 0 Å². The lowest BCUT2D eigenvalue weighted by molar-refractivity contribution is -0.0469. The molecule has 0 aromatic carbocycles. The summed E-state index contributed by atoms with van der Waals surface area (Å²) < 4.78 is 23.4. The first-order valence-electron chi connectivity index (χ1n) is 3.82. The van der Waals surface area contributed by atoms with Crippen LogP contribution in [-0.2, 0) is 9.47 Å². The number of nitrogens with zero attached hydrogens (tertiary/aromatic N) is 1. The van der Waals surface area contributed by atoms with Crippen LogP contribution in [-0.4, -0.2) is 18.2 Å². The topological polar surface area (TPSA) is 31.4 Å². The van der Waals surface area contributed by atoms with Gasteiger partial charge in [-0.15, -0.1) is 0 Å². The number of hydrogen-bond acceptors (Lipinski definition) is 3. The van der Waals surface area contributed by atoms with E-state index in [9.17, 15) is 4.39 Å². The molecule has 0 spiro atoms. The van der Waals surface area contributed by atoms with Gasteiger partial charge in [-0.1, -0.05) is 11.6 Å². The molecule has 0 amide bonds. The van der Waals surface area contributed by atoms with Crippen LogP contribution in [0.5, 0.6) is 0 Å². The maximum absolute atomic E-state index is 13.1. The predicted molar refractivity (Wildman–Crippen MR) is 43.9 cm³/mol. The number of pyridine rings is 1. The third kappa shape index (κ3) is 1.80. The van der Waals surface area contributed by atoms with Crippen LogP contribution in [0, 0.1) is 5.95 Å². The summed E-state index contributed by atoms with van der Waals surface area (Å²) in [4.78, 5) is 3.46. The predicted octanol–water partition coefficient (Wildman–Crippen LogP) is 1.92. The quantitative estimate of drug-likeness (QED) is 0.654. The number of rotatable bonds is 1. The van der Waals surface area contributed by atoms with Crippen molar-refractivity contribution in [3.63, 3.8) is 0 Å². The van der Waals surface area contributed by atoms with Crippen LogP contribution < -0.4 is 0 Å². The van der Waals surface area contributed by atoms with Crippen molar-refractivity contribution in [2.75, 3.05) is 13.2 Å². The number of hydrogen-bond donors (Lipinski definition) is 0. The van der Waals surface area contributed by atoms with E-state index in [1.807, 2.05) is 0 Å². The molecule has 5 heteroatoms. The zero-order chi connectivity index (χ0) is 9.26. The molecule has 2 heterocycles. The Hall–Kier alpha value is -0.710. The van der Waals surface area contributed by atoms with Crippen LogP contribution in [0.4, 0.5) is 4.39 Å². The van der Waals surface area contributed by atoms with Gasteiger partial charge in [0.15, 0.2) is 6.29 Å². The molecule has 1 saturated heterocycles. The van der Waals surface area contributed by atoms with Crippen molar-refractivity contribution in [2.24, 2.45) is 0 Å². The van der Waals surface area contributed by atoms with Gasteiger partial charge >= 0.3 is 0 Å². The summed E-state index contributed by atoms with van der Waals surface area (Å²) in [6.45, 7) is 0.958. The lowest BCUT2D eigenvalue weighted by Crippen LogP contribution is -2.02. The van der Waals surface area contributed by atoms with E-state index >= 15 is 0 Å². The molecule has 3 nitrogen and oxygen atoms in total. The molecule has 0 atom stereocenters. The lowest BCUT2D eigenvalue weighted by Gasteiger charge is -2.08. The Balaban J connectivity index is 2.29. The number of halogens is 2. The Morgan fingerprint density at radius 1 is 1.38 bits per heavy atom. The smallest absolute Gasteiger partial charge is 0.222 e. The molecular weight excluding hydrogens is 197 g/mol. The van der Waals surface area contributed by atoms with Gasteiger partial charge in [0.05, 0.1) is 18.8 Å². The average Bonchev–Trinajstić information content (AvgIpc) is 2.56. The fraction of sp³-hybridized carbons (Fsp3) is 0.375. The molecule has 1 aromatic rings. The van der Waals surface area contributed by atoms with Crippen molar-refractivity contribution in [1.29, 1.82) is 0 Å². The molecule has 0 aliphatic carbocycles. The first-order chi connectivity index (χ1) is 6.27. The molecule has 1 fully saturated rings. The fourth-order valence-electron chi connectivity index (χ4n) is 1.14. The molecule has 0 bridgehead atoms. The zero-order valence-electron chi connectivity index (χ0n) is 6.67. The molecule has 0 radical (unpaired) electrons. The Labute approximate surface area is 79.4 Å². The second-order valence-electron chi connectivity index (χ2n) is 2.59. The van der Waals surface area contributed by atoms with Gasteiger partial charge in [0.25, 0.3) is 0 Å². The Bertz CT molecular complexity index is 315. The van der Waals surface area contributed by atoms with Crippen LogP contribution >= 0.6 is 11.6 Å². The van der Waals surface area contributed by atoms with Crippen molar-refractivity contribution < 1.29 is 13.9 Å². The summed E-state index contributed by atoms with van der Waals surface area (Å²) in [6, 6.07) is 3.02. The van der Waals surface area contributed by atoms with Gasteiger partial charge < -0.3 is 9.47 Å². The van der Waals surface area contributed by atoms with Gasteiger partial charge in [-0.2, -0.15) is 4.39 Å². The maximum Gasteiger partial charge on any atom is 0.222 e. The van der Waals surface area contributed by atoms with Crippen molar-refractivity contribution >= 4 is 11.6 Å². The Morgan fingerprint density at radius 2 is 2.08 bits per heavy atom. The van der Waals surface area contributed by atoms with E-state index < -0.39 is 12.2 Å². The highest BCUT2D eigenvalue weighted by Crippen LogP contribution is 2.25. The number of ether oxygens (including phenoxy) is 2. The highest BCUT2D eigenvalue weighted by molar-refractivity contribution is 6.29. The molecule has 0 unspecified atom stereocenters. The van der Waals surface area contributed by atoms with E-state index in [0.29, 0.717) is 18.8 Å². The highest BCUT2D eigenvalue weighted by atomic mass is 35.5. The SMILES string of the molecule is Fc1nc(Cl)ccc1C1OCCO1. The summed E-state index contributed by atoms with van der Waals surface area (Å²) in [7, 11) is 0. The fourth-order valence-corrected chi connectivity index (χ4v) is 1.27. The van der Waals surface area contributed by atoms with Gasteiger partial charge in [0, 0.05) is 0 Å². The van der Waals surface area contributed by atoms with Gasteiger partial charge in [-0.05, 0) is 12.1 Å². The van der Waals surface area contributed by atoms with Crippen LogP contribution in [0.15, 0.2) is 12.1 Å². The third-order valence-corrected chi connectivity index (χ3v) is 1.93. The molecule has 0 N–H and O–H groups in total. The van der Waals surface area contributed by atoms with Crippen molar-refractivity contribution in [2.45, 2.75) is 6.29 Å². The van der Waals surface area contributed by atoms with E-state index in [1.165, 1.54) is 12.1 Å². The lowest BCUT2D eigenvalue weighted by atomic mass is 10.3. The normalized spacial score (nSPS) is 18.0. The minimum absolute atomic E-state index is 0.124. The van der Waals surface area contributed by atoms with Crippen LogP contribution in [0.25, 0.3) is 0 Å². The Kier molecular flexibility index (Phi) is 2.44. The first-order valence-corrected chi connectivity index (χ1v) is 4.20. The van der Waals surface area contributed by atoms with E-state index in [0.717, 1.165) is 0 Å². The second-order valence-corrected chi connectivity index (χ2v) is 2.97. The standard InChI is InChI=1S/C8H7ClFNO2/c9-6-2-1-5(7(10)11-6)8-12-3-4-13-8/h1-2,8H,3-4H2. The van der Waals surface area contributed by atoms with Gasteiger partial charge in [0.1, 0.15) is 5.15 Å². The molecule has 1 aliphatic rings. The molecule has 70 valence electrons. The van der Waals surface area contributed by atoms with Crippen LogP contribution in [0.1, 0.15) is 11.9 Å². The monoisotopic (exact) mass is 203 g/mol. The average molecular weight is 204 g/mol. The largest absolute Gasteiger partial charge is 0.346 e. The van der Waals surface area contributed by atoms with E-state index in [4.69, 9.17) is 21.1 Å². The Morgan fingerprint density at radius 3 is 2.69 bits per heavy atom. The van der Waals surface area contributed by atoms with Crippen molar-refractivity contribution in [3.05, 3.63) is 28.8 Å². The summed E-state index contributed by atoms with van der Waals surface area (Å²) in [5.41, 5.74) is 0.293. The van der Waals surface area contributed by atoms with E-state index in [-0.39, 0.29) is 5.15 Å². The zero-order valence-corrected chi connectivity index (χ0v) is 7.42. The van der Waals surface area contributed by atoms with Crippen molar-refractivity contribution in [1.82, 2.24) is 4.98 Å². The molecule has 13 heavy (non-hydrogen) atoms. The third-order valence-electron chi connectivity index (χ3n) is 1.72. The number of aromatic nitrogens is 1. The first kappa shape index (κ1) is 8.87. The molecular formula is C8H7ClFNO2. The second kappa shape index (κ2) is 3.57. The molecule has 0 saturated carbocycles. The summed E-state index contributed by atoms with van der Waals surface area (Å²) in [6.07, 6.45) is -0.634. The summed E-state index contributed by atoms with van der Waals surface area (Å²) in [5.74, 6) is -0.639. The van der Waals surface area contributed by atoms with E-state index in [1.54, 1.807) is 0 Å². The van der Waals surface area contributed by atoms with E-state index in [2.05, 4.69) is 4.98 Å². The van der Waals surface area contributed by atoms with Crippen LogP contribution in [0.2, 0.25) is 5.15 Å². The minimum Gasteiger partial charge on any atom is -0.346 e. The van der Waals surface area contributed by atoms with Gasteiger partial charge in [0.2, 0.25) is 5.95 Å². The van der Waals surface area contributed by atoms with Gasteiger partial charge in [-0.3, -0.25) is 0 Å². The molecule has 1 aliphatic heterocycles. The minimum atomic E-state index is -0.639. The molecule has 1 aromatic heterocycles. The molecule has 2 rings (SSSR count). The summed E-state index contributed by atoms with van der Waals surface area (Å²) >= 11 is 5.49. The summed E-state index contributed by atoms with van der Waals surface area (Å²) in [5, 5.41) is 0.124. The highest BCUT2D eigenvalue weighted by Gasteiger charge is 2.22.